The number of rotatable bonds is 2. The van der Waals surface area contributed by atoms with Gasteiger partial charge in [-0.2, -0.15) is 13.2 Å². The van der Waals surface area contributed by atoms with E-state index >= 15 is 0 Å². The van der Waals surface area contributed by atoms with Crippen molar-refractivity contribution in [3.8, 4) is 5.69 Å². The fourth-order valence-corrected chi connectivity index (χ4v) is 2.48. The summed E-state index contributed by atoms with van der Waals surface area (Å²) in [5.41, 5.74) is 1.32. The van der Waals surface area contributed by atoms with Gasteiger partial charge in [-0.25, -0.2) is 0 Å². The van der Waals surface area contributed by atoms with Gasteiger partial charge in [-0.05, 0) is 43.4 Å². The van der Waals surface area contributed by atoms with Gasteiger partial charge < -0.3 is 0 Å². The fraction of sp³-hybridized carbons (Fsp3) is 0.385. The van der Waals surface area contributed by atoms with Crippen molar-refractivity contribution in [2.75, 3.05) is 0 Å². The van der Waals surface area contributed by atoms with E-state index < -0.39 is 12.0 Å². The average molecular weight is 302 g/mol. The van der Waals surface area contributed by atoms with Crippen molar-refractivity contribution in [2.45, 2.75) is 31.9 Å². The lowest BCUT2D eigenvalue weighted by molar-refractivity contribution is -0.146. The van der Waals surface area contributed by atoms with E-state index in [2.05, 4.69) is 10.2 Å². The van der Waals surface area contributed by atoms with E-state index in [1.165, 1.54) is 6.92 Å². The van der Waals surface area contributed by atoms with Gasteiger partial charge in [-0.1, -0.05) is 17.7 Å². The number of alkyl halides is 3. The third kappa shape index (κ3) is 2.28. The number of aromatic nitrogens is 3. The Kier molecular flexibility index (Phi) is 3.01. The molecule has 0 unspecified atom stereocenters. The van der Waals surface area contributed by atoms with Crippen molar-refractivity contribution >= 4 is 11.6 Å². The molecule has 0 spiro atoms. The van der Waals surface area contributed by atoms with Crippen molar-refractivity contribution in [1.29, 1.82) is 0 Å². The Hall–Kier alpha value is -1.56. The topological polar surface area (TPSA) is 30.7 Å². The highest BCUT2D eigenvalue weighted by Gasteiger charge is 2.38. The van der Waals surface area contributed by atoms with E-state index in [0.717, 1.165) is 23.0 Å². The molecule has 7 heteroatoms. The van der Waals surface area contributed by atoms with Gasteiger partial charge in [0.2, 0.25) is 5.82 Å². The van der Waals surface area contributed by atoms with Gasteiger partial charge in [0.1, 0.15) is 5.82 Å². The molecule has 20 heavy (non-hydrogen) atoms. The first kappa shape index (κ1) is 13.4. The summed E-state index contributed by atoms with van der Waals surface area (Å²) in [5, 5.41) is 6.99. The fourth-order valence-electron chi connectivity index (χ4n) is 2.21. The monoisotopic (exact) mass is 301 g/mol. The van der Waals surface area contributed by atoms with Gasteiger partial charge in [0, 0.05) is 0 Å². The van der Waals surface area contributed by atoms with E-state index in [4.69, 9.17) is 11.6 Å². The minimum Gasteiger partial charge on any atom is -0.274 e. The van der Waals surface area contributed by atoms with Crippen LogP contribution in [0, 0.1) is 6.92 Å². The van der Waals surface area contributed by atoms with Crippen molar-refractivity contribution in [1.82, 2.24) is 14.8 Å². The van der Waals surface area contributed by atoms with Crippen LogP contribution in [0.25, 0.3) is 5.69 Å². The zero-order chi connectivity index (χ0) is 14.5. The predicted octanol–water partition coefficient (Wildman–Crippen LogP) is 4.13. The van der Waals surface area contributed by atoms with Crippen LogP contribution >= 0.6 is 11.6 Å². The zero-order valence-electron chi connectivity index (χ0n) is 10.6. The number of halogens is 4. The van der Waals surface area contributed by atoms with Crippen LogP contribution in [0.4, 0.5) is 13.2 Å². The maximum atomic E-state index is 12.9. The molecule has 106 valence electrons. The quantitative estimate of drug-likeness (QED) is 0.835. The molecule has 3 nitrogen and oxygen atoms in total. The van der Waals surface area contributed by atoms with E-state index in [0.29, 0.717) is 5.92 Å². The Labute approximate surface area is 118 Å². The second kappa shape index (κ2) is 4.48. The van der Waals surface area contributed by atoms with Crippen LogP contribution in [0.15, 0.2) is 18.2 Å². The molecule has 1 aromatic heterocycles. The van der Waals surface area contributed by atoms with Crippen LogP contribution in [0.5, 0.6) is 0 Å². The van der Waals surface area contributed by atoms with Gasteiger partial charge >= 0.3 is 6.18 Å². The standard InChI is InChI=1S/C13H11ClF3N3/c1-7-18-19-12(13(15,16)17)20(7)11-5-4-9(6-10(11)14)8-2-3-8/h4-6,8H,2-3H2,1H3. The lowest BCUT2D eigenvalue weighted by atomic mass is 10.1. The highest BCUT2D eigenvalue weighted by Crippen LogP contribution is 2.42. The third-order valence-electron chi connectivity index (χ3n) is 3.34. The van der Waals surface area contributed by atoms with E-state index in [9.17, 15) is 13.2 Å². The van der Waals surface area contributed by atoms with Crippen LogP contribution in [-0.4, -0.2) is 14.8 Å². The van der Waals surface area contributed by atoms with Crippen LogP contribution in [0.2, 0.25) is 5.02 Å². The summed E-state index contributed by atoms with van der Waals surface area (Å²) in [5.74, 6) is -0.417. The Balaban J connectivity index is 2.11. The van der Waals surface area contributed by atoms with Crippen LogP contribution in [0.1, 0.15) is 36.0 Å². The van der Waals surface area contributed by atoms with Gasteiger partial charge in [0.15, 0.2) is 0 Å². The highest BCUT2D eigenvalue weighted by molar-refractivity contribution is 6.32. The van der Waals surface area contributed by atoms with E-state index in [-0.39, 0.29) is 16.5 Å². The van der Waals surface area contributed by atoms with Crippen molar-refractivity contribution in [3.05, 3.63) is 40.4 Å². The number of nitrogens with zero attached hydrogens (tertiary/aromatic N) is 3. The Morgan fingerprint density at radius 1 is 1.25 bits per heavy atom. The molecule has 3 rings (SSSR count). The Morgan fingerprint density at radius 2 is 1.95 bits per heavy atom. The molecule has 0 amide bonds. The maximum absolute atomic E-state index is 12.9. The molecule has 0 N–H and O–H groups in total. The number of aryl methyl sites for hydroxylation is 1. The lowest BCUT2D eigenvalue weighted by Crippen LogP contribution is -2.15. The molecule has 1 aromatic carbocycles. The molecular formula is C13H11ClF3N3. The Bertz CT molecular complexity index is 659. The molecule has 0 radical (unpaired) electrons. The summed E-state index contributed by atoms with van der Waals surface area (Å²) in [7, 11) is 0. The van der Waals surface area contributed by atoms with Crippen LogP contribution < -0.4 is 0 Å². The molecular weight excluding hydrogens is 291 g/mol. The molecule has 0 saturated heterocycles. The lowest BCUT2D eigenvalue weighted by Gasteiger charge is -2.13. The van der Waals surface area contributed by atoms with Gasteiger partial charge in [0.25, 0.3) is 0 Å². The molecule has 1 saturated carbocycles. The maximum Gasteiger partial charge on any atom is 0.452 e. The number of benzene rings is 1. The minimum atomic E-state index is -4.57. The summed E-state index contributed by atoms with van der Waals surface area (Å²) in [6.45, 7) is 1.47. The summed E-state index contributed by atoms with van der Waals surface area (Å²) in [6, 6.07) is 5.15. The second-order valence-electron chi connectivity index (χ2n) is 4.89. The van der Waals surface area contributed by atoms with Crippen LogP contribution in [0.3, 0.4) is 0 Å². The smallest absolute Gasteiger partial charge is 0.274 e. The SMILES string of the molecule is Cc1nnc(C(F)(F)F)n1-c1ccc(C2CC2)cc1Cl. The first-order valence-electron chi connectivity index (χ1n) is 6.17. The molecule has 0 bridgehead atoms. The minimum absolute atomic E-state index is 0.151. The molecule has 0 atom stereocenters. The number of hydrogen-bond donors (Lipinski definition) is 0. The number of hydrogen-bond acceptors (Lipinski definition) is 2. The normalized spacial score (nSPS) is 15.7. The average Bonchev–Trinajstić information content (AvgIpc) is 3.12. The van der Waals surface area contributed by atoms with Crippen molar-refractivity contribution in [3.63, 3.8) is 0 Å². The van der Waals surface area contributed by atoms with Gasteiger partial charge in [-0.3, -0.25) is 4.57 Å². The zero-order valence-corrected chi connectivity index (χ0v) is 11.3. The van der Waals surface area contributed by atoms with E-state index in [1.54, 1.807) is 12.1 Å². The molecule has 0 aliphatic heterocycles. The summed E-state index contributed by atoms with van der Waals surface area (Å²) >= 11 is 6.14. The first-order valence-corrected chi connectivity index (χ1v) is 6.55. The molecule has 1 heterocycles. The first-order chi connectivity index (χ1) is 9.38. The van der Waals surface area contributed by atoms with Gasteiger partial charge in [0.05, 0.1) is 10.7 Å². The van der Waals surface area contributed by atoms with Gasteiger partial charge in [-0.15, -0.1) is 10.2 Å². The van der Waals surface area contributed by atoms with Crippen LogP contribution in [-0.2, 0) is 6.18 Å². The molecule has 1 aliphatic rings. The summed E-state index contributed by atoms with van der Waals surface area (Å²) < 4.78 is 39.7. The van der Waals surface area contributed by atoms with Crippen molar-refractivity contribution < 1.29 is 13.2 Å². The molecule has 2 aromatic rings. The highest BCUT2D eigenvalue weighted by atomic mass is 35.5. The second-order valence-corrected chi connectivity index (χ2v) is 5.30. The predicted molar refractivity (Wildman–Crippen MR) is 68.1 cm³/mol. The summed E-state index contributed by atoms with van der Waals surface area (Å²) in [4.78, 5) is 0. The third-order valence-corrected chi connectivity index (χ3v) is 3.64. The Morgan fingerprint density at radius 3 is 2.50 bits per heavy atom. The van der Waals surface area contributed by atoms with Crippen molar-refractivity contribution in [2.24, 2.45) is 0 Å². The molecule has 1 fully saturated rings. The summed E-state index contributed by atoms with van der Waals surface area (Å²) in [6.07, 6.45) is -2.36. The molecule has 1 aliphatic carbocycles. The largest absolute Gasteiger partial charge is 0.452 e. The van der Waals surface area contributed by atoms with E-state index in [1.807, 2.05) is 6.07 Å².